The van der Waals surface area contributed by atoms with Crippen LogP contribution in [0.15, 0.2) is 51.8 Å². The maximum Gasteiger partial charge on any atom is 0.257 e. The van der Waals surface area contributed by atoms with E-state index in [4.69, 9.17) is 0 Å². The molecule has 0 aliphatic heterocycles. The number of benzene rings is 2. The van der Waals surface area contributed by atoms with Crippen LogP contribution < -0.4 is 5.32 Å². The molecular formula is C16H15BrFNO3S. The van der Waals surface area contributed by atoms with E-state index in [9.17, 15) is 17.6 Å². The first kappa shape index (κ1) is 17.6. The molecule has 0 aliphatic carbocycles. The maximum atomic E-state index is 13.8. The number of rotatable bonds is 4. The Hall–Kier alpha value is -1.73. The number of halogens is 2. The molecule has 0 bridgehead atoms. The Morgan fingerprint density at radius 1 is 1.17 bits per heavy atom. The summed E-state index contributed by atoms with van der Waals surface area (Å²) in [6.45, 7) is 3.08. The van der Waals surface area contributed by atoms with Crippen LogP contribution in [0.3, 0.4) is 0 Å². The summed E-state index contributed by atoms with van der Waals surface area (Å²) in [4.78, 5) is 12.3. The third-order valence-electron chi connectivity index (χ3n) is 3.24. The van der Waals surface area contributed by atoms with Crippen LogP contribution >= 0.6 is 15.9 Å². The number of amides is 1. The van der Waals surface area contributed by atoms with Crippen molar-refractivity contribution in [1.29, 1.82) is 0 Å². The summed E-state index contributed by atoms with van der Waals surface area (Å²) in [6, 6.07) is 10.1. The highest BCUT2D eigenvalue weighted by molar-refractivity contribution is 9.10. The van der Waals surface area contributed by atoms with Gasteiger partial charge in [0.25, 0.3) is 5.91 Å². The quantitative estimate of drug-likeness (QED) is 0.843. The first-order valence-electron chi connectivity index (χ1n) is 6.83. The average molecular weight is 400 g/mol. The number of sulfone groups is 1. The van der Waals surface area contributed by atoms with Gasteiger partial charge >= 0.3 is 0 Å². The first-order valence-corrected chi connectivity index (χ1v) is 9.16. The van der Waals surface area contributed by atoms with Crippen LogP contribution in [0.4, 0.5) is 10.1 Å². The Bertz CT molecular complexity index is 850. The molecule has 0 unspecified atom stereocenters. The fraction of sp³-hybridized carbons (Fsp3) is 0.188. The lowest BCUT2D eigenvalue weighted by atomic mass is 10.2. The second-order valence-electron chi connectivity index (χ2n) is 5.17. The van der Waals surface area contributed by atoms with Crippen molar-refractivity contribution >= 4 is 37.4 Å². The smallest absolute Gasteiger partial charge is 0.257 e. The average Bonchev–Trinajstić information content (AvgIpc) is 2.49. The molecule has 2 aromatic rings. The van der Waals surface area contributed by atoms with Gasteiger partial charge in [0.1, 0.15) is 5.82 Å². The molecule has 2 aromatic carbocycles. The fourth-order valence-corrected chi connectivity index (χ4v) is 3.51. The van der Waals surface area contributed by atoms with Crippen molar-refractivity contribution in [2.45, 2.75) is 24.0 Å². The van der Waals surface area contributed by atoms with E-state index < -0.39 is 26.8 Å². The molecule has 0 saturated heterocycles. The van der Waals surface area contributed by atoms with E-state index in [1.165, 1.54) is 24.3 Å². The van der Waals surface area contributed by atoms with Crippen molar-refractivity contribution in [1.82, 2.24) is 0 Å². The van der Waals surface area contributed by atoms with E-state index in [-0.39, 0.29) is 16.1 Å². The van der Waals surface area contributed by atoms with Gasteiger partial charge in [-0.3, -0.25) is 4.79 Å². The van der Waals surface area contributed by atoms with Gasteiger partial charge in [-0.2, -0.15) is 0 Å². The largest absolute Gasteiger partial charge is 0.319 e. The second-order valence-corrected chi connectivity index (χ2v) is 8.56. The summed E-state index contributed by atoms with van der Waals surface area (Å²) >= 11 is 3.13. The molecular weight excluding hydrogens is 385 g/mol. The monoisotopic (exact) mass is 399 g/mol. The zero-order valence-electron chi connectivity index (χ0n) is 12.5. The molecule has 0 atom stereocenters. The van der Waals surface area contributed by atoms with Gasteiger partial charge < -0.3 is 5.32 Å². The van der Waals surface area contributed by atoms with Gasteiger partial charge in [-0.1, -0.05) is 28.1 Å². The molecule has 0 heterocycles. The standard InChI is InChI=1S/C16H15BrFNO3S/c1-10(2)23(21,22)15-6-4-3-5-12(15)16(20)19-14-8-7-11(17)9-13(14)18/h3-10H,1-2H3,(H,19,20). The maximum absolute atomic E-state index is 13.8. The van der Waals surface area contributed by atoms with Gasteiger partial charge in [-0.25, -0.2) is 12.8 Å². The van der Waals surface area contributed by atoms with Crippen molar-refractivity contribution in [2.24, 2.45) is 0 Å². The Morgan fingerprint density at radius 3 is 2.43 bits per heavy atom. The molecule has 4 nitrogen and oxygen atoms in total. The van der Waals surface area contributed by atoms with Crippen LogP contribution in [-0.2, 0) is 9.84 Å². The molecule has 0 aromatic heterocycles. The van der Waals surface area contributed by atoms with Crippen LogP contribution in [0, 0.1) is 5.82 Å². The third-order valence-corrected chi connectivity index (χ3v) is 5.94. The van der Waals surface area contributed by atoms with E-state index in [1.54, 1.807) is 32.0 Å². The molecule has 1 N–H and O–H groups in total. The minimum atomic E-state index is -3.62. The van der Waals surface area contributed by atoms with Crippen LogP contribution in [-0.4, -0.2) is 19.6 Å². The summed E-state index contributed by atoms with van der Waals surface area (Å²) < 4.78 is 39.1. The molecule has 0 fully saturated rings. The van der Waals surface area contributed by atoms with Gasteiger partial charge in [-0.05, 0) is 44.2 Å². The van der Waals surface area contributed by atoms with Gasteiger partial charge in [-0.15, -0.1) is 0 Å². The molecule has 0 aliphatic rings. The van der Waals surface area contributed by atoms with Crippen LogP contribution in [0.25, 0.3) is 0 Å². The zero-order chi connectivity index (χ0) is 17.2. The van der Waals surface area contributed by atoms with Gasteiger partial charge in [0.05, 0.1) is 21.4 Å². The van der Waals surface area contributed by atoms with Crippen LogP contribution in [0.1, 0.15) is 24.2 Å². The summed E-state index contributed by atoms with van der Waals surface area (Å²) in [6.07, 6.45) is 0. The summed E-state index contributed by atoms with van der Waals surface area (Å²) in [5.41, 5.74) is -0.0292. The van der Waals surface area contributed by atoms with Crippen molar-refractivity contribution < 1.29 is 17.6 Å². The van der Waals surface area contributed by atoms with E-state index in [2.05, 4.69) is 21.2 Å². The van der Waals surface area contributed by atoms with E-state index in [0.29, 0.717) is 4.47 Å². The van der Waals surface area contributed by atoms with Crippen LogP contribution in [0.5, 0.6) is 0 Å². The molecule has 1 amide bonds. The molecule has 0 saturated carbocycles. The van der Waals surface area contributed by atoms with E-state index in [0.717, 1.165) is 0 Å². The lowest BCUT2D eigenvalue weighted by molar-refractivity contribution is 0.102. The highest BCUT2D eigenvalue weighted by Crippen LogP contribution is 2.23. The minimum absolute atomic E-state index is 0.0106. The lowest BCUT2D eigenvalue weighted by Crippen LogP contribution is -2.21. The zero-order valence-corrected chi connectivity index (χ0v) is 14.9. The Morgan fingerprint density at radius 2 is 1.83 bits per heavy atom. The summed E-state index contributed by atoms with van der Waals surface area (Å²) in [5, 5.41) is 1.74. The summed E-state index contributed by atoms with van der Waals surface area (Å²) in [7, 11) is -3.62. The molecule has 2 rings (SSSR count). The number of anilines is 1. The van der Waals surface area contributed by atoms with Gasteiger partial charge in [0, 0.05) is 4.47 Å². The highest BCUT2D eigenvalue weighted by atomic mass is 79.9. The fourth-order valence-electron chi connectivity index (χ4n) is 1.94. The topological polar surface area (TPSA) is 63.2 Å². The van der Waals surface area contributed by atoms with Crippen molar-refractivity contribution in [2.75, 3.05) is 5.32 Å². The molecule has 0 spiro atoms. The number of carbonyl (C=O) groups excluding carboxylic acids is 1. The predicted molar refractivity (Wildman–Crippen MR) is 90.8 cm³/mol. The Balaban J connectivity index is 2.41. The van der Waals surface area contributed by atoms with Gasteiger partial charge in [0.15, 0.2) is 9.84 Å². The summed E-state index contributed by atoms with van der Waals surface area (Å²) in [5.74, 6) is -1.29. The molecule has 7 heteroatoms. The van der Waals surface area contributed by atoms with E-state index in [1.807, 2.05) is 0 Å². The Labute approximate surface area is 142 Å². The van der Waals surface area contributed by atoms with Crippen molar-refractivity contribution in [3.05, 3.63) is 58.3 Å². The minimum Gasteiger partial charge on any atom is -0.319 e. The Kier molecular flexibility index (Phi) is 5.21. The number of hydrogen-bond donors (Lipinski definition) is 1. The highest BCUT2D eigenvalue weighted by Gasteiger charge is 2.25. The predicted octanol–water partition coefficient (Wildman–Crippen LogP) is 4.02. The molecule has 23 heavy (non-hydrogen) atoms. The van der Waals surface area contributed by atoms with Crippen molar-refractivity contribution in [3.63, 3.8) is 0 Å². The van der Waals surface area contributed by atoms with Crippen molar-refractivity contribution in [3.8, 4) is 0 Å². The van der Waals surface area contributed by atoms with Gasteiger partial charge in [0.2, 0.25) is 0 Å². The van der Waals surface area contributed by atoms with Crippen LogP contribution in [0.2, 0.25) is 0 Å². The number of nitrogens with one attached hydrogen (secondary N) is 1. The second kappa shape index (κ2) is 6.80. The SMILES string of the molecule is CC(C)S(=O)(=O)c1ccccc1C(=O)Nc1ccc(Br)cc1F. The normalized spacial score (nSPS) is 11.5. The third kappa shape index (κ3) is 3.79. The molecule has 0 radical (unpaired) electrons. The number of carbonyl (C=O) groups is 1. The molecule has 122 valence electrons. The lowest BCUT2D eigenvalue weighted by Gasteiger charge is -2.13. The first-order chi connectivity index (χ1) is 10.7. The van der Waals surface area contributed by atoms with E-state index >= 15 is 0 Å². The number of hydrogen-bond acceptors (Lipinski definition) is 3.